The largest absolute Gasteiger partial charge is 0.496 e. The second kappa shape index (κ2) is 7.97. The van der Waals surface area contributed by atoms with Crippen LogP contribution in [-0.2, 0) is 6.42 Å². The lowest BCUT2D eigenvalue weighted by Gasteiger charge is -2.13. The van der Waals surface area contributed by atoms with Gasteiger partial charge in [-0.25, -0.2) is 9.97 Å². The summed E-state index contributed by atoms with van der Waals surface area (Å²) in [7, 11) is 1.69. The molecule has 5 rings (SSSR count). The lowest BCUT2D eigenvalue weighted by molar-refractivity contribution is 0.393. The first kappa shape index (κ1) is 22.1. The molecule has 4 heterocycles. The number of methoxy groups -OCH3 is 1. The Kier molecular flexibility index (Phi) is 5.19. The van der Waals surface area contributed by atoms with Crippen molar-refractivity contribution < 1.29 is 9.26 Å². The summed E-state index contributed by atoms with van der Waals surface area (Å²) in [5.41, 5.74) is 8.92. The van der Waals surface area contributed by atoms with Gasteiger partial charge in [-0.15, -0.1) is 0 Å². The van der Waals surface area contributed by atoms with Crippen LogP contribution in [0.25, 0.3) is 33.1 Å². The fourth-order valence-electron chi connectivity index (χ4n) is 4.86. The van der Waals surface area contributed by atoms with Crippen molar-refractivity contribution in [3.8, 4) is 16.9 Å². The van der Waals surface area contributed by atoms with E-state index in [1.165, 1.54) is 11.3 Å². The van der Waals surface area contributed by atoms with Crippen LogP contribution < -0.4 is 4.74 Å². The van der Waals surface area contributed by atoms with Crippen molar-refractivity contribution in [2.75, 3.05) is 7.11 Å². The third-order valence-electron chi connectivity index (χ3n) is 6.59. The van der Waals surface area contributed by atoms with Crippen molar-refractivity contribution in [3.63, 3.8) is 0 Å². The monoisotopic (exact) mass is 458 g/mol. The van der Waals surface area contributed by atoms with E-state index >= 15 is 0 Å². The zero-order valence-corrected chi connectivity index (χ0v) is 21.0. The van der Waals surface area contributed by atoms with E-state index in [1.807, 2.05) is 20.8 Å². The topological polar surface area (TPSA) is 94.7 Å². The van der Waals surface area contributed by atoms with Crippen LogP contribution in [0.5, 0.6) is 5.75 Å². The highest BCUT2D eigenvalue weighted by atomic mass is 16.5. The predicted octanol–water partition coefficient (Wildman–Crippen LogP) is 5.69. The van der Waals surface area contributed by atoms with Crippen molar-refractivity contribution in [3.05, 3.63) is 52.1 Å². The molecule has 8 nitrogen and oxygen atoms in total. The smallest absolute Gasteiger partial charge is 0.142 e. The highest BCUT2D eigenvalue weighted by Gasteiger charge is 2.22. The maximum Gasteiger partial charge on any atom is 0.142 e. The fraction of sp³-hybridized carbons (Fsp3) is 0.385. The molecule has 1 aromatic carbocycles. The quantitative estimate of drug-likeness (QED) is 0.364. The van der Waals surface area contributed by atoms with Crippen LogP contribution in [0.3, 0.4) is 0 Å². The SMILES string of the molecule is COc1cc2c(cc1-c1c(C)noc1C)[nH]c1nc(C)nc(Cc3c(C)c(C)nn3C(C)C)c12. The van der Waals surface area contributed by atoms with Crippen molar-refractivity contribution in [1.82, 2.24) is 29.9 Å². The van der Waals surface area contributed by atoms with Gasteiger partial charge in [0.1, 0.15) is 23.0 Å². The third kappa shape index (κ3) is 3.36. The average molecular weight is 459 g/mol. The van der Waals surface area contributed by atoms with Crippen LogP contribution in [0, 0.1) is 34.6 Å². The lowest BCUT2D eigenvalue weighted by Crippen LogP contribution is -2.10. The maximum absolute atomic E-state index is 5.82. The number of fused-ring (bicyclic) bond motifs is 3. The van der Waals surface area contributed by atoms with Gasteiger partial charge in [-0.3, -0.25) is 4.68 Å². The van der Waals surface area contributed by atoms with E-state index in [1.54, 1.807) is 7.11 Å². The number of hydrogen-bond acceptors (Lipinski definition) is 6. The van der Waals surface area contributed by atoms with E-state index in [9.17, 15) is 0 Å². The molecule has 0 aliphatic rings. The van der Waals surface area contributed by atoms with E-state index in [-0.39, 0.29) is 6.04 Å². The van der Waals surface area contributed by atoms with Crippen molar-refractivity contribution in [1.29, 1.82) is 0 Å². The molecule has 0 saturated heterocycles. The number of aryl methyl sites for hydroxylation is 4. The van der Waals surface area contributed by atoms with Crippen LogP contribution in [0.15, 0.2) is 16.7 Å². The second-order valence-electron chi connectivity index (χ2n) is 9.24. The molecular formula is C26H30N6O2. The van der Waals surface area contributed by atoms with Crippen molar-refractivity contribution >= 4 is 21.9 Å². The molecule has 1 N–H and O–H groups in total. The van der Waals surface area contributed by atoms with Crippen LogP contribution in [-0.4, -0.2) is 37.0 Å². The van der Waals surface area contributed by atoms with Crippen molar-refractivity contribution in [2.45, 2.75) is 60.9 Å². The van der Waals surface area contributed by atoms with E-state index < -0.39 is 0 Å². The summed E-state index contributed by atoms with van der Waals surface area (Å²) in [5.74, 6) is 2.25. The van der Waals surface area contributed by atoms with Crippen LogP contribution >= 0.6 is 0 Å². The van der Waals surface area contributed by atoms with Gasteiger partial charge < -0.3 is 14.2 Å². The van der Waals surface area contributed by atoms with Gasteiger partial charge >= 0.3 is 0 Å². The van der Waals surface area contributed by atoms with E-state index in [4.69, 9.17) is 24.3 Å². The summed E-state index contributed by atoms with van der Waals surface area (Å²) >= 11 is 0. The fourth-order valence-corrected chi connectivity index (χ4v) is 4.86. The number of nitrogens with one attached hydrogen (secondary N) is 1. The van der Waals surface area contributed by atoms with Gasteiger partial charge in [0.15, 0.2) is 0 Å². The summed E-state index contributed by atoms with van der Waals surface area (Å²) in [5, 5.41) is 10.9. The first-order valence-corrected chi connectivity index (χ1v) is 11.5. The third-order valence-corrected chi connectivity index (χ3v) is 6.59. The molecule has 34 heavy (non-hydrogen) atoms. The number of benzene rings is 1. The Balaban J connectivity index is 1.76. The first-order chi connectivity index (χ1) is 16.2. The highest BCUT2D eigenvalue weighted by Crippen LogP contribution is 2.40. The first-order valence-electron chi connectivity index (χ1n) is 11.5. The lowest BCUT2D eigenvalue weighted by atomic mass is 10.00. The number of rotatable bonds is 5. The summed E-state index contributed by atoms with van der Waals surface area (Å²) in [4.78, 5) is 13.1. The van der Waals surface area contributed by atoms with Crippen LogP contribution in [0.1, 0.15) is 59.8 Å². The summed E-state index contributed by atoms with van der Waals surface area (Å²) < 4.78 is 13.4. The number of aromatic amines is 1. The maximum atomic E-state index is 5.82. The van der Waals surface area contributed by atoms with Gasteiger partial charge in [-0.2, -0.15) is 5.10 Å². The van der Waals surface area contributed by atoms with Crippen molar-refractivity contribution in [2.24, 2.45) is 0 Å². The van der Waals surface area contributed by atoms with Gasteiger partial charge in [0.25, 0.3) is 0 Å². The molecule has 0 spiro atoms. The Hall–Kier alpha value is -3.68. The molecule has 4 aromatic heterocycles. The molecule has 0 amide bonds. The Morgan fingerprint density at radius 3 is 2.47 bits per heavy atom. The minimum absolute atomic E-state index is 0.265. The van der Waals surface area contributed by atoms with Gasteiger partial charge in [0, 0.05) is 40.0 Å². The molecule has 5 aromatic rings. The standard InChI is InChI=1S/C26H30N6O2/c1-12(2)32-22(13(3)14(4)30-32)11-21-25-18-10-23(33-8)19(24-15(5)31-34-16(24)6)9-20(18)29-26(25)28-17(7)27-21/h9-10,12H,11H2,1-8H3,(H,27,28,29). The zero-order chi connectivity index (χ0) is 24.3. The van der Waals surface area contributed by atoms with Gasteiger partial charge in [0.2, 0.25) is 0 Å². The number of aromatic nitrogens is 6. The number of hydrogen-bond donors (Lipinski definition) is 1. The highest BCUT2D eigenvalue weighted by molar-refractivity contribution is 6.09. The summed E-state index contributed by atoms with van der Waals surface area (Å²) in [6.07, 6.45) is 0.672. The predicted molar refractivity (Wildman–Crippen MR) is 133 cm³/mol. The summed E-state index contributed by atoms with van der Waals surface area (Å²) in [6.45, 7) is 14.3. The zero-order valence-electron chi connectivity index (χ0n) is 21.0. The van der Waals surface area contributed by atoms with E-state index in [0.717, 1.165) is 67.5 Å². The molecule has 0 aliphatic heterocycles. The molecule has 0 aliphatic carbocycles. The number of nitrogens with zero attached hydrogens (tertiary/aromatic N) is 5. The van der Waals surface area contributed by atoms with Crippen LogP contribution in [0.2, 0.25) is 0 Å². The Morgan fingerprint density at radius 1 is 1.06 bits per heavy atom. The van der Waals surface area contributed by atoms with Gasteiger partial charge in [-0.05, 0) is 66.2 Å². The van der Waals surface area contributed by atoms with E-state index in [0.29, 0.717) is 6.42 Å². The average Bonchev–Trinajstić information content (AvgIpc) is 3.40. The Bertz CT molecular complexity index is 1530. The molecule has 8 heteroatoms. The molecule has 0 fully saturated rings. The second-order valence-corrected chi connectivity index (χ2v) is 9.24. The molecule has 176 valence electrons. The van der Waals surface area contributed by atoms with Gasteiger partial charge in [-0.1, -0.05) is 5.16 Å². The summed E-state index contributed by atoms with van der Waals surface area (Å²) in [6, 6.07) is 4.42. The number of H-pyrrole nitrogens is 1. The van der Waals surface area contributed by atoms with Crippen LogP contribution in [0.4, 0.5) is 0 Å². The number of ether oxygens (including phenoxy) is 1. The normalized spacial score (nSPS) is 11.9. The minimum atomic E-state index is 0.265. The molecule has 0 atom stereocenters. The Morgan fingerprint density at radius 2 is 1.82 bits per heavy atom. The van der Waals surface area contributed by atoms with E-state index in [2.05, 4.69) is 54.7 Å². The minimum Gasteiger partial charge on any atom is -0.496 e. The molecule has 0 radical (unpaired) electrons. The molecule has 0 unspecified atom stereocenters. The molecule has 0 saturated carbocycles. The molecule has 0 bridgehead atoms. The Labute approximate surface area is 198 Å². The molecular weight excluding hydrogens is 428 g/mol. The van der Waals surface area contributed by atoms with Gasteiger partial charge in [0.05, 0.1) is 29.8 Å².